The van der Waals surface area contributed by atoms with Crippen molar-refractivity contribution in [1.29, 1.82) is 0 Å². The summed E-state index contributed by atoms with van der Waals surface area (Å²) in [6.45, 7) is 3.94. The third kappa shape index (κ3) is 3.35. The molecule has 6 heteroatoms. The normalized spacial score (nSPS) is 19.2. The lowest BCUT2D eigenvalue weighted by molar-refractivity contribution is -0.134. The van der Waals surface area contributed by atoms with Gasteiger partial charge in [-0.2, -0.15) is 0 Å². The minimum Gasteiger partial charge on any atom is -0.409 e. The maximum absolute atomic E-state index is 11.8. The molecule has 0 aromatic carbocycles. The van der Waals surface area contributed by atoms with Crippen LogP contribution in [0.25, 0.3) is 0 Å². The smallest absolute Gasteiger partial charge is 0.222 e. The Morgan fingerprint density at radius 1 is 1.56 bits per heavy atom. The second-order valence-corrected chi connectivity index (χ2v) is 5.56. The molecule has 0 bridgehead atoms. The quantitative estimate of drug-likeness (QED) is 0.284. The number of carbonyl (C=O) groups excluding carboxylic acids is 1. The maximum Gasteiger partial charge on any atom is 0.222 e. The number of nitrogens with two attached hydrogens (primary N) is 1. The van der Waals surface area contributed by atoms with E-state index in [-0.39, 0.29) is 17.3 Å². The lowest BCUT2D eigenvalue weighted by Crippen LogP contribution is -2.47. The van der Waals surface area contributed by atoms with Crippen LogP contribution in [-0.4, -0.2) is 36.2 Å². The van der Waals surface area contributed by atoms with Gasteiger partial charge in [-0.15, -0.1) is 0 Å². The van der Waals surface area contributed by atoms with Gasteiger partial charge in [0.15, 0.2) is 0 Å². The van der Waals surface area contributed by atoms with Crippen LogP contribution in [0.2, 0.25) is 0 Å². The molecule has 0 atom stereocenters. The third-order valence-corrected chi connectivity index (χ3v) is 3.71. The minimum atomic E-state index is -0.565. The highest BCUT2D eigenvalue weighted by Crippen LogP contribution is 2.37. The number of carbonyl (C=O) groups is 1. The lowest BCUT2D eigenvalue weighted by Gasteiger charge is -2.40. The van der Waals surface area contributed by atoms with Crippen LogP contribution >= 0.6 is 0 Å². The van der Waals surface area contributed by atoms with Gasteiger partial charge in [0.25, 0.3) is 0 Å². The Morgan fingerprint density at radius 2 is 2.17 bits per heavy atom. The highest BCUT2D eigenvalue weighted by Gasteiger charge is 2.39. The lowest BCUT2D eigenvalue weighted by atomic mass is 9.77. The molecule has 1 amide bonds. The summed E-state index contributed by atoms with van der Waals surface area (Å²) >= 11 is 0. The molecule has 0 aromatic rings. The molecular formula is C12H23N3O3. The Morgan fingerprint density at radius 3 is 2.56 bits per heavy atom. The van der Waals surface area contributed by atoms with Gasteiger partial charge in [0.1, 0.15) is 5.84 Å². The van der Waals surface area contributed by atoms with Gasteiger partial charge in [-0.1, -0.05) is 19.0 Å². The van der Waals surface area contributed by atoms with Gasteiger partial charge in [-0.05, 0) is 19.3 Å². The fraction of sp³-hybridized carbons (Fsp3) is 0.833. The molecule has 1 rings (SSSR count). The number of hydrogen-bond acceptors (Lipinski definition) is 4. The largest absolute Gasteiger partial charge is 0.409 e. The van der Waals surface area contributed by atoms with E-state index in [2.05, 4.69) is 10.5 Å². The van der Waals surface area contributed by atoms with Crippen LogP contribution in [0.1, 0.15) is 39.5 Å². The van der Waals surface area contributed by atoms with Crippen molar-refractivity contribution in [2.75, 3.05) is 13.7 Å². The number of oxime groups is 1. The van der Waals surface area contributed by atoms with Crippen molar-refractivity contribution in [2.24, 2.45) is 16.3 Å². The summed E-state index contributed by atoms with van der Waals surface area (Å²) in [5.41, 5.74) is 4.71. The molecule has 1 aliphatic carbocycles. The van der Waals surface area contributed by atoms with Crippen molar-refractivity contribution >= 4 is 11.7 Å². The van der Waals surface area contributed by atoms with Gasteiger partial charge in [-0.25, -0.2) is 0 Å². The van der Waals surface area contributed by atoms with Crippen LogP contribution in [-0.2, 0) is 9.53 Å². The number of amidine groups is 1. The molecule has 0 saturated heterocycles. The van der Waals surface area contributed by atoms with E-state index >= 15 is 0 Å². The first-order chi connectivity index (χ1) is 8.35. The standard InChI is InChI=1S/C12H23N3O3/c1-11(2,10(13)15-17)8-14-9(16)7-12(18-3)5-4-6-12/h17H,4-8H2,1-3H3,(H2,13,15)(H,14,16). The molecule has 1 aliphatic rings. The first-order valence-electron chi connectivity index (χ1n) is 6.15. The van der Waals surface area contributed by atoms with Gasteiger partial charge in [-0.3, -0.25) is 4.79 Å². The van der Waals surface area contributed by atoms with Crippen LogP contribution in [0.15, 0.2) is 5.16 Å². The molecule has 0 aliphatic heterocycles. The molecule has 0 radical (unpaired) electrons. The van der Waals surface area contributed by atoms with Gasteiger partial charge < -0.3 is 21.0 Å². The number of nitrogens with zero attached hydrogens (tertiary/aromatic N) is 1. The fourth-order valence-electron chi connectivity index (χ4n) is 1.92. The van der Waals surface area contributed by atoms with Gasteiger partial charge in [0.2, 0.25) is 5.91 Å². The molecule has 6 nitrogen and oxygen atoms in total. The van der Waals surface area contributed by atoms with Gasteiger partial charge >= 0.3 is 0 Å². The van der Waals surface area contributed by atoms with Crippen LogP contribution in [0.5, 0.6) is 0 Å². The molecule has 0 aromatic heterocycles. The SMILES string of the molecule is COC1(CC(=O)NCC(C)(C)C(N)=NO)CCC1. The third-order valence-electron chi connectivity index (χ3n) is 3.71. The summed E-state index contributed by atoms with van der Waals surface area (Å²) < 4.78 is 5.40. The van der Waals surface area contributed by atoms with E-state index in [1.807, 2.05) is 0 Å². The van der Waals surface area contributed by atoms with Crippen LogP contribution in [0.3, 0.4) is 0 Å². The summed E-state index contributed by atoms with van der Waals surface area (Å²) in [5, 5.41) is 14.4. The van der Waals surface area contributed by atoms with E-state index in [0.29, 0.717) is 13.0 Å². The van der Waals surface area contributed by atoms with Crippen molar-refractivity contribution < 1.29 is 14.7 Å². The molecule has 0 heterocycles. The zero-order chi connectivity index (χ0) is 13.8. The van der Waals surface area contributed by atoms with Crippen molar-refractivity contribution in [3.05, 3.63) is 0 Å². The van der Waals surface area contributed by atoms with Crippen molar-refractivity contribution in [2.45, 2.75) is 45.1 Å². The van der Waals surface area contributed by atoms with Gasteiger partial charge in [0, 0.05) is 19.1 Å². The predicted molar refractivity (Wildman–Crippen MR) is 68.4 cm³/mol. The average molecular weight is 257 g/mol. The van der Waals surface area contributed by atoms with Crippen LogP contribution in [0, 0.1) is 5.41 Å². The molecule has 0 unspecified atom stereocenters. The molecule has 18 heavy (non-hydrogen) atoms. The van der Waals surface area contributed by atoms with Gasteiger partial charge in [0.05, 0.1) is 12.0 Å². The second-order valence-electron chi connectivity index (χ2n) is 5.56. The summed E-state index contributed by atoms with van der Waals surface area (Å²) in [6, 6.07) is 0. The Hall–Kier alpha value is -1.30. The second kappa shape index (κ2) is 5.56. The minimum absolute atomic E-state index is 0.0598. The Balaban J connectivity index is 2.42. The molecule has 1 saturated carbocycles. The van der Waals surface area contributed by atoms with Crippen molar-refractivity contribution in [1.82, 2.24) is 5.32 Å². The molecule has 1 fully saturated rings. The topological polar surface area (TPSA) is 96.9 Å². The zero-order valence-corrected chi connectivity index (χ0v) is 11.3. The summed E-state index contributed by atoms with van der Waals surface area (Å²) in [5.74, 6) is 0.0447. The summed E-state index contributed by atoms with van der Waals surface area (Å²) in [6.07, 6.45) is 3.34. The summed E-state index contributed by atoms with van der Waals surface area (Å²) in [4.78, 5) is 11.8. The van der Waals surface area contributed by atoms with E-state index in [4.69, 9.17) is 15.7 Å². The highest BCUT2D eigenvalue weighted by atomic mass is 16.5. The fourth-order valence-corrected chi connectivity index (χ4v) is 1.92. The van der Waals surface area contributed by atoms with Crippen LogP contribution in [0.4, 0.5) is 0 Å². The molecular weight excluding hydrogens is 234 g/mol. The number of rotatable bonds is 6. The summed E-state index contributed by atoms with van der Waals surface area (Å²) in [7, 11) is 1.65. The van der Waals surface area contributed by atoms with E-state index < -0.39 is 5.41 Å². The molecule has 104 valence electrons. The Labute approximate surface area is 108 Å². The predicted octanol–water partition coefficient (Wildman–Crippen LogP) is 0.834. The van der Waals surface area contributed by atoms with Crippen molar-refractivity contribution in [3.63, 3.8) is 0 Å². The van der Waals surface area contributed by atoms with Crippen molar-refractivity contribution in [3.8, 4) is 0 Å². The number of hydrogen-bond donors (Lipinski definition) is 3. The highest BCUT2D eigenvalue weighted by molar-refractivity contribution is 5.86. The number of amides is 1. The van der Waals surface area contributed by atoms with E-state index in [9.17, 15) is 4.79 Å². The first kappa shape index (κ1) is 14.8. The first-order valence-corrected chi connectivity index (χ1v) is 6.15. The number of ether oxygens (including phenoxy) is 1. The monoisotopic (exact) mass is 257 g/mol. The Kier molecular flexibility index (Phi) is 4.56. The Bertz CT molecular complexity index is 330. The van der Waals surface area contributed by atoms with Crippen LogP contribution < -0.4 is 11.1 Å². The van der Waals surface area contributed by atoms with E-state index in [1.165, 1.54) is 0 Å². The van der Waals surface area contributed by atoms with E-state index in [0.717, 1.165) is 19.3 Å². The zero-order valence-electron chi connectivity index (χ0n) is 11.3. The molecule has 0 spiro atoms. The maximum atomic E-state index is 11.8. The number of nitrogens with one attached hydrogen (secondary N) is 1. The average Bonchev–Trinajstić information content (AvgIpc) is 2.30. The molecule has 4 N–H and O–H groups in total. The van der Waals surface area contributed by atoms with E-state index in [1.54, 1.807) is 21.0 Å². The number of methoxy groups -OCH3 is 1.